The van der Waals surface area contributed by atoms with Gasteiger partial charge in [0.15, 0.2) is 0 Å². The summed E-state index contributed by atoms with van der Waals surface area (Å²) in [5.41, 5.74) is 1.03. The van der Waals surface area contributed by atoms with Crippen LogP contribution in [0.1, 0.15) is 19.8 Å². The van der Waals surface area contributed by atoms with Crippen LogP contribution in [0.15, 0.2) is 22.7 Å². The summed E-state index contributed by atoms with van der Waals surface area (Å²) in [7, 11) is 0. The summed E-state index contributed by atoms with van der Waals surface area (Å²) in [5, 5.41) is 10.7. The predicted octanol–water partition coefficient (Wildman–Crippen LogP) is 3.16. The Morgan fingerprint density at radius 1 is 1.42 bits per heavy atom. The second kappa shape index (κ2) is 5.69. The Bertz CT molecular complexity index is 511. The number of piperidine rings is 1. The number of anilines is 1. The van der Waals surface area contributed by atoms with Crippen LogP contribution in [-0.4, -0.2) is 23.8 Å². The minimum absolute atomic E-state index is 0.0780. The average molecular weight is 327 g/mol. The monoisotopic (exact) mass is 326 g/mol. The fourth-order valence-corrected chi connectivity index (χ4v) is 3.01. The molecular formula is C13H15BrN2O3. The maximum atomic E-state index is 11.3. The van der Waals surface area contributed by atoms with Crippen LogP contribution in [0.2, 0.25) is 0 Å². The van der Waals surface area contributed by atoms with Crippen molar-refractivity contribution in [3.05, 3.63) is 32.8 Å². The first-order valence-electron chi connectivity index (χ1n) is 6.18. The Morgan fingerprint density at radius 3 is 2.53 bits per heavy atom. The van der Waals surface area contributed by atoms with Gasteiger partial charge in [0.1, 0.15) is 5.78 Å². The number of halogens is 1. The summed E-state index contributed by atoms with van der Waals surface area (Å²) < 4.78 is 0.725. The van der Waals surface area contributed by atoms with Gasteiger partial charge in [0, 0.05) is 35.6 Å². The smallest absolute Gasteiger partial charge is 0.270 e. The number of ketones is 1. The van der Waals surface area contributed by atoms with E-state index >= 15 is 0 Å². The highest BCUT2D eigenvalue weighted by Crippen LogP contribution is 2.32. The second-order valence-electron chi connectivity index (χ2n) is 4.76. The Kier molecular flexibility index (Phi) is 4.19. The number of nitro groups is 1. The van der Waals surface area contributed by atoms with E-state index in [2.05, 4.69) is 20.8 Å². The highest BCUT2D eigenvalue weighted by atomic mass is 79.9. The third-order valence-electron chi connectivity index (χ3n) is 3.55. The molecule has 0 atom stereocenters. The molecule has 0 N–H and O–H groups in total. The number of rotatable bonds is 3. The van der Waals surface area contributed by atoms with E-state index in [0.29, 0.717) is 0 Å². The molecule has 19 heavy (non-hydrogen) atoms. The fourth-order valence-electron chi connectivity index (χ4n) is 2.39. The molecule has 0 amide bonds. The Hall–Kier alpha value is -1.43. The molecule has 6 heteroatoms. The van der Waals surface area contributed by atoms with Crippen molar-refractivity contribution in [1.82, 2.24) is 0 Å². The lowest BCUT2D eigenvalue weighted by Gasteiger charge is -2.33. The van der Waals surface area contributed by atoms with Crippen molar-refractivity contribution in [2.45, 2.75) is 19.8 Å². The molecule has 1 aromatic carbocycles. The first-order chi connectivity index (χ1) is 8.99. The van der Waals surface area contributed by atoms with E-state index in [1.807, 2.05) is 0 Å². The molecule has 1 aliphatic heterocycles. The van der Waals surface area contributed by atoms with Gasteiger partial charge in [0.25, 0.3) is 5.69 Å². The zero-order valence-electron chi connectivity index (χ0n) is 10.6. The topological polar surface area (TPSA) is 63.5 Å². The second-order valence-corrected chi connectivity index (χ2v) is 5.62. The van der Waals surface area contributed by atoms with Gasteiger partial charge in [-0.3, -0.25) is 14.9 Å². The molecule has 1 fully saturated rings. The molecule has 5 nitrogen and oxygen atoms in total. The van der Waals surface area contributed by atoms with Crippen LogP contribution in [0, 0.1) is 16.0 Å². The van der Waals surface area contributed by atoms with Crippen molar-refractivity contribution in [3.8, 4) is 0 Å². The SMILES string of the molecule is CC(=O)C1CCN(c2ccc([N+](=O)[O-])cc2Br)CC1. The van der Waals surface area contributed by atoms with Crippen LogP contribution in [0.4, 0.5) is 11.4 Å². The Labute approximate surface area is 119 Å². The summed E-state index contributed by atoms with van der Waals surface area (Å²) in [6, 6.07) is 4.79. The Morgan fingerprint density at radius 2 is 2.05 bits per heavy atom. The molecule has 0 saturated carbocycles. The van der Waals surface area contributed by atoms with E-state index in [9.17, 15) is 14.9 Å². The molecule has 1 heterocycles. The zero-order valence-corrected chi connectivity index (χ0v) is 12.2. The number of non-ortho nitro benzene ring substituents is 1. The maximum absolute atomic E-state index is 11.3. The van der Waals surface area contributed by atoms with Gasteiger partial charge in [-0.1, -0.05) is 0 Å². The number of hydrogen-bond acceptors (Lipinski definition) is 4. The van der Waals surface area contributed by atoms with Gasteiger partial charge in [-0.2, -0.15) is 0 Å². The molecule has 2 rings (SSSR count). The van der Waals surface area contributed by atoms with E-state index in [0.717, 1.165) is 36.1 Å². The van der Waals surface area contributed by atoms with Crippen LogP contribution in [0.5, 0.6) is 0 Å². The molecule has 0 spiro atoms. The van der Waals surface area contributed by atoms with Crippen molar-refractivity contribution in [1.29, 1.82) is 0 Å². The van der Waals surface area contributed by atoms with Crippen LogP contribution in [0.3, 0.4) is 0 Å². The summed E-state index contributed by atoms with van der Waals surface area (Å²) in [5.74, 6) is 0.412. The van der Waals surface area contributed by atoms with Gasteiger partial charge >= 0.3 is 0 Å². The van der Waals surface area contributed by atoms with E-state index in [-0.39, 0.29) is 17.4 Å². The third kappa shape index (κ3) is 3.12. The molecule has 1 saturated heterocycles. The van der Waals surface area contributed by atoms with Crippen LogP contribution in [0.25, 0.3) is 0 Å². The Balaban J connectivity index is 2.11. The largest absolute Gasteiger partial charge is 0.371 e. The number of benzene rings is 1. The van der Waals surface area contributed by atoms with E-state index in [1.165, 1.54) is 12.1 Å². The summed E-state index contributed by atoms with van der Waals surface area (Å²) >= 11 is 3.38. The molecule has 0 bridgehead atoms. The van der Waals surface area contributed by atoms with Gasteiger partial charge in [-0.15, -0.1) is 0 Å². The first-order valence-corrected chi connectivity index (χ1v) is 6.97. The highest BCUT2D eigenvalue weighted by molar-refractivity contribution is 9.10. The van der Waals surface area contributed by atoms with Gasteiger partial charge in [0.2, 0.25) is 0 Å². The quantitative estimate of drug-likeness (QED) is 0.632. The van der Waals surface area contributed by atoms with Gasteiger partial charge in [-0.25, -0.2) is 0 Å². The molecule has 0 radical (unpaired) electrons. The molecule has 102 valence electrons. The maximum Gasteiger partial charge on any atom is 0.270 e. The van der Waals surface area contributed by atoms with Crippen molar-refractivity contribution in [3.63, 3.8) is 0 Å². The minimum atomic E-state index is -0.406. The summed E-state index contributed by atoms with van der Waals surface area (Å²) in [4.78, 5) is 23.8. The van der Waals surface area contributed by atoms with E-state index in [1.54, 1.807) is 13.0 Å². The van der Waals surface area contributed by atoms with Gasteiger partial charge < -0.3 is 4.90 Å². The molecular weight excluding hydrogens is 312 g/mol. The van der Waals surface area contributed by atoms with E-state index < -0.39 is 4.92 Å². The van der Waals surface area contributed by atoms with Gasteiger partial charge in [0.05, 0.1) is 10.6 Å². The minimum Gasteiger partial charge on any atom is -0.371 e. The lowest BCUT2D eigenvalue weighted by molar-refractivity contribution is -0.384. The number of nitro benzene ring substituents is 1. The first kappa shape index (κ1) is 14.0. The lowest BCUT2D eigenvalue weighted by atomic mass is 9.93. The van der Waals surface area contributed by atoms with Crippen LogP contribution < -0.4 is 4.90 Å². The summed E-state index contributed by atoms with van der Waals surface area (Å²) in [6.07, 6.45) is 1.69. The van der Waals surface area contributed by atoms with Crippen molar-refractivity contribution in [2.24, 2.45) is 5.92 Å². The average Bonchev–Trinajstić information content (AvgIpc) is 2.38. The fraction of sp³-hybridized carbons (Fsp3) is 0.462. The third-order valence-corrected chi connectivity index (χ3v) is 4.19. The van der Waals surface area contributed by atoms with Gasteiger partial charge in [-0.05, 0) is 41.8 Å². The highest BCUT2D eigenvalue weighted by Gasteiger charge is 2.24. The van der Waals surface area contributed by atoms with E-state index in [4.69, 9.17) is 0 Å². The zero-order chi connectivity index (χ0) is 14.0. The van der Waals surface area contributed by atoms with Crippen molar-refractivity contribution in [2.75, 3.05) is 18.0 Å². The molecule has 1 aromatic rings. The lowest BCUT2D eigenvalue weighted by Crippen LogP contribution is -2.35. The summed E-state index contributed by atoms with van der Waals surface area (Å²) in [6.45, 7) is 3.25. The number of carbonyl (C=O) groups excluding carboxylic acids is 1. The normalized spacial score (nSPS) is 16.4. The van der Waals surface area contributed by atoms with Crippen LogP contribution in [-0.2, 0) is 4.79 Å². The molecule has 0 aromatic heterocycles. The molecule has 0 unspecified atom stereocenters. The van der Waals surface area contributed by atoms with Crippen LogP contribution >= 0.6 is 15.9 Å². The number of carbonyl (C=O) groups is 1. The molecule has 1 aliphatic rings. The molecule has 0 aliphatic carbocycles. The van der Waals surface area contributed by atoms with Crippen molar-refractivity contribution >= 4 is 33.1 Å². The van der Waals surface area contributed by atoms with Crippen molar-refractivity contribution < 1.29 is 9.72 Å². The number of nitrogens with zero attached hydrogens (tertiary/aromatic N) is 2. The number of Topliss-reactive ketones (excluding diaryl/α,β-unsaturated/α-hetero) is 1. The standard InChI is InChI=1S/C13H15BrN2O3/c1-9(17)10-4-6-15(7-5-10)13-3-2-11(16(18)19)8-12(13)14/h2-3,8,10H,4-7H2,1H3. The predicted molar refractivity (Wildman–Crippen MR) is 76.4 cm³/mol. The number of hydrogen-bond donors (Lipinski definition) is 0.